The van der Waals surface area contributed by atoms with E-state index in [9.17, 15) is 22.8 Å². The first-order valence-electron chi connectivity index (χ1n) is 8.09. The van der Waals surface area contributed by atoms with Crippen molar-refractivity contribution in [2.75, 3.05) is 5.32 Å². The summed E-state index contributed by atoms with van der Waals surface area (Å²) in [6, 6.07) is 8.25. The molecule has 0 aliphatic heterocycles. The summed E-state index contributed by atoms with van der Waals surface area (Å²) in [7, 11) is 0. The van der Waals surface area contributed by atoms with Crippen LogP contribution in [0.4, 0.5) is 18.9 Å². The SMILES string of the molecule is O=C(NCc1ccccn1)C1(C(=O)Nc2ccc(Cl)cc2C(F)(F)F)CC1. The van der Waals surface area contributed by atoms with Crippen LogP contribution in [0.1, 0.15) is 24.1 Å². The fourth-order valence-corrected chi connectivity index (χ4v) is 2.80. The summed E-state index contributed by atoms with van der Waals surface area (Å²) in [6.45, 7) is 0.128. The van der Waals surface area contributed by atoms with Gasteiger partial charge >= 0.3 is 6.18 Å². The minimum atomic E-state index is -4.69. The first-order chi connectivity index (χ1) is 12.7. The van der Waals surface area contributed by atoms with Crippen LogP contribution in [0.2, 0.25) is 5.02 Å². The van der Waals surface area contributed by atoms with Crippen LogP contribution in [0.5, 0.6) is 0 Å². The zero-order valence-electron chi connectivity index (χ0n) is 13.9. The molecule has 1 heterocycles. The van der Waals surface area contributed by atoms with E-state index < -0.39 is 34.7 Å². The topological polar surface area (TPSA) is 71.1 Å². The Labute approximate surface area is 157 Å². The molecule has 3 rings (SSSR count). The summed E-state index contributed by atoms with van der Waals surface area (Å²) in [6.07, 6.45) is -2.59. The smallest absolute Gasteiger partial charge is 0.350 e. The molecule has 9 heteroatoms. The number of nitrogens with one attached hydrogen (secondary N) is 2. The standard InChI is InChI=1S/C18H15ClF3N3O2/c19-11-4-5-14(13(9-11)18(20,21)22)25-16(27)17(6-7-17)15(26)24-10-12-3-1-2-8-23-12/h1-5,8-9H,6-7,10H2,(H,24,26)(H,25,27). The van der Waals surface area contributed by atoms with E-state index in [-0.39, 0.29) is 24.4 Å². The van der Waals surface area contributed by atoms with Gasteiger partial charge in [-0.15, -0.1) is 0 Å². The molecule has 0 unspecified atom stereocenters. The molecule has 1 saturated carbocycles. The van der Waals surface area contributed by atoms with Gasteiger partial charge in [-0.1, -0.05) is 17.7 Å². The summed E-state index contributed by atoms with van der Waals surface area (Å²) >= 11 is 5.63. The predicted molar refractivity (Wildman–Crippen MR) is 92.8 cm³/mol. The Morgan fingerprint density at radius 3 is 2.48 bits per heavy atom. The Balaban J connectivity index is 1.72. The lowest BCUT2D eigenvalue weighted by Gasteiger charge is -2.18. The number of carbonyl (C=O) groups excluding carboxylic acids is 2. The van der Waals surface area contributed by atoms with Crippen LogP contribution in [0, 0.1) is 5.41 Å². The van der Waals surface area contributed by atoms with Gasteiger partial charge < -0.3 is 10.6 Å². The third-order valence-corrected chi connectivity index (χ3v) is 4.55. The quantitative estimate of drug-likeness (QED) is 0.754. The van der Waals surface area contributed by atoms with Crippen molar-refractivity contribution in [3.05, 3.63) is 58.9 Å². The first-order valence-corrected chi connectivity index (χ1v) is 8.46. The van der Waals surface area contributed by atoms with Crippen LogP contribution in [-0.4, -0.2) is 16.8 Å². The average molecular weight is 398 g/mol. The molecule has 2 N–H and O–H groups in total. The number of nitrogens with zero attached hydrogens (tertiary/aromatic N) is 1. The number of rotatable bonds is 5. The number of amides is 2. The predicted octanol–water partition coefficient (Wildman–Crippen LogP) is 3.79. The van der Waals surface area contributed by atoms with Crippen LogP contribution in [0.25, 0.3) is 0 Å². The monoisotopic (exact) mass is 397 g/mol. The molecule has 1 aromatic carbocycles. The Bertz CT molecular complexity index is 868. The van der Waals surface area contributed by atoms with E-state index in [0.29, 0.717) is 5.69 Å². The number of benzene rings is 1. The zero-order chi connectivity index (χ0) is 19.7. The second-order valence-corrected chi connectivity index (χ2v) is 6.66. The van der Waals surface area contributed by atoms with E-state index in [1.165, 1.54) is 6.07 Å². The molecule has 27 heavy (non-hydrogen) atoms. The van der Waals surface area contributed by atoms with Crippen LogP contribution in [0.15, 0.2) is 42.6 Å². The fraction of sp³-hybridized carbons (Fsp3) is 0.278. The van der Waals surface area contributed by atoms with Gasteiger partial charge in [0.2, 0.25) is 11.8 Å². The van der Waals surface area contributed by atoms with Crippen molar-refractivity contribution in [2.24, 2.45) is 5.41 Å². The lowest BCUT2D eigenvalue weighted by atomic mass is 10.0. The van der Waals surface area contributed by atoms with Gasteiger partial charge in [-0.3, -0.25) is 14.6 Å². The average Bonchev–Trinajstić information content (AvgIpc) is 3.43. The Hall–Kier alpha value is -2.61. The molecule has 1 fully saturated rings. The van der Waals surface area contributed by atoms with Gasteiger partial charge in [0.1, 0.15) is 5.41 Å². The summed E-state index contributed by atoms with van der Waals surface area (Å²) in [5.74, 6) is -1.30. The van der Waals surface area contributed by atoms with Gasteiger partial charge in [0, 0.05) is 11.2 Å². The summed E-state index contributed by atoms with van der Waals surface area (Å²) < 4.78 is 39.5. The van der Waals surface area contributed by atoms with Crippen LogP contribution >= 0.6 is 11.6 Å². The first kappa shape index (κ1) is 19.2. The summed E-state index contributed by atoms with van der Waals surface area (Å²) in [4.78, 5) is 29.0. The number of halogens is 4. The van der Waals surface area contributed by atoms with Gasteiger partial charge in [0.15, 0.2) is 0 Å². The minimum absolute atomic E-state index is 0.102. The number of pyridine rings is 1. The molecule has 0 radical (unpaired) electrons. The molecule has 0 atom stereocenters. The highest BCUT2D eigenvalue weighted by Gasteiger charge is 2.56. The lowest BCUT2D eigenvalue weighted by Crippen LogP contribution is -2.40. The third-order valence-electron chi connectivity index (χ3n) is 4.31. The molecule has 1 aliphatic rings. The molecule has 5 nitrogen and oxygen atoms in total. The van der Waals surface area contributed by atoms with Gasteiger partial charge in [-0.25, -0.2) is 0 Å². The van der Waals surface area contributed by atoms with Crippen molar-refractivity contribution in [1.29, 1.82) is 0 Å². The van der Waals surface area contributed by atoms with Crippen LogP contribution < -0.4 is 10.6 Å². The van der Waals surface area contributed by atoms with Gasteiger partial charge in [0.05, 0.1) is 23.5 Å². The molecule has 142 valence electrons. The molecule has 2 aromatic rings. The number of carbonyl (C=O) groups is 2. The molecular formula is C18H15ClF3N3O2. The number of aromatic nitrogens is 1. The van der Waals surface area contributed by atoms with Crippen LogP contribution in [0.3, 0.4) is 0 Å². The van der Waals surface area contributed by atoms with Crippen molar-refractivity contribution in [1.82, 2.24) is 10.3 Å². The largest absolute Gasteiger partial charge is 0.418 e. The number of hydrogen-bond donors (Lipinski definition) is 2. The fourth-order valence-electron chi connectivity index (χ4n) is 2.63. The van der Waals surface area contributed by atoms with E-state index in [1.807, 2.05) is 0 Å². The van der Waals surface area contributed by atoms with Crippen molar-refractivity contribution >= 4 is 29.1 Å². The molecule has 1 aromatic heterocycles. The highest BCUT2D eigenvalue weighted by molar-refractivity contribution is 6.30. The highest BCUT2D eigenvalue weighted by Crippen LogP contribution is 2.47. The Morgan fingerprint density at radius 1 is 1.15 bits per heavy atom. The second-order valence-electron chi connectivity index (χ2n) is 6.23. The van der Waals surface area contributed by atoms with E-state index >= 15 is 0 Å². The van der Waals surface area contributed by atoms with E-state index in [0.717, 1.165) is 12.1 Å². The lowest BCUT2D eigenvalue weighted by molar-refractivity contribution is -0.137. The van der Waals surface area contributed by atoms with Crippen molar-refractivity contribution in [3.63, 3.8) is 0 Å². The normalized spacial score (nSPS) is 15.1. The molecule has 2 amide bonds. The second kappa shape index (κ2) is 7.19. The van der Waals surface area contributed by atoms with E-state index in [1.54, 1.807) is 24.4 Å². The zero-order valence-corrected chi connectivity index (χ0v) is 14.7. The maximum absolute atomic E-state index is 13.2. The van der Waals surface area contributed by atoms with Gasteiger partial charge in [-0.05, 0) is 43.2 Å². The number of alkyl halides is 3. The highest BCUT2D eigenvalue weighted by atomic mass is 35.5. The maximum atomic E-state index is 13.2. The van der Waals surface area contributed by atoms with Gasteiger partial charge in [-0.2, -0.15) is 13.2 Å². The van der Waals surface area contributed by atoms with Crippen LogP contribution in [-0.2, 0) is 22.3 Å². The van der Waals surface area contributed by atoms with E-state index in [4.69, 9.17) is 11.6 Å². The van der Waals surface area contributed by atoms with E-state index in [2.05, 4.69) is 15.6 Å². The van der Waals surface area contributed by atoms with Crippen molar-refractivity contribution in [3.8, 4) is 0 Å². The Morgan fingerprint density at radius 2 is 1.89 bits per heavy atom. The third kappa shape index (κ3) is 4.21. The molecule has 0 bridgehead atoms. The Kier molecular flexibility index (Phi) is 5.10. The maximum Gasteiger partial charge on any atom is 0.418 e. The van der Waals surface area contributed by atoms with Crippen molar-refractivity contribution in [2.45, 2.75) is 25.6 Å². The van der Waals surface area contributed by atoms with Crippen molar-refractivity contribution < 1.29 is 22.8 Å². The number of anilines is 1. The van der Waals surface area contributed by atoms with Gasteiger partial charge in [0.25, 0.3) is 0 Å². The summed E-state index contributed by atoms with van der Waals surface area (Å²) in [5, 5.41) is 4.75. The summed E-state index contributed by atoms with van der Waals surface area (Å²) in [5.41, 5.74) is -2.25. The molecular weight excluding hydrogens is 383 g/mol. The molecule has 0 saturated heterocycles. The molecule has 0 spiro atoms. The number of hydrogen-bond acceptors (Lipinski definition) is 3. The molecule has 1 aliphatic carbocycles. The minimum Gasteiger partial charge on any atom is -0.350 e.